The Morgan fingerprint density at radius 1 is 1.41 bits per heavy atom. The highest BCUT2D eigenvalue weighted by atomic mass is 16.1. The first kappa shape index (κ1) is 11.8. The second kappa shape index (κ2) is 4.67. The van der Waals surface area contributed by atoms with Crippen molar-refractivity contribution < 1.29 is 9.59 Å². The Morgan fingerprint density at radius 3 is 2.82 bits per heavy atom. The third-order valence-electron chi connectivity index (χ3n) is 3.05. The molecule has 0 saturated heterocycles. The van der Waals surface area contributed by atoms with Crippen LogP contribution < -0.4 is 10.6 Å². The summed E-state index contributed by atoms with van der Waals surface area (Å²) in [5.74, 6) is 0.147. The number of aryl methyl sites for hydroxylation is 1. The summed E-state index contributed by atoms with van der Waals surface area (Å²) >= 11 is 0. The molecule has 0 fully saturated rings. The summed E-state index contributed by atoms with van der Waals surface area (Å²) in [5.41, 5.74) is 2.92. The molecular formula is C13H16N2O2. The molecule has 0 radical (unpaired) electrons. The summed E-state index contributed by atoms with van der Waals surface area (Å²) in [6.07, 6.45) is 1.25. The number of amides is 1. The SMILES string of the molecule is CNC(C(C)=O)c1ccc2c(c1)CCC(=O)N2. The Morgan fingerprint density at radius 2 is 2.18 bits per heavy atom. The molecule has 1 aromatic carbocycles. The van der Waals surface area contributed by atoms with E-state index in [1.807, 2.05) is 18.2 Å². The molecule has 1 unspecified atom stereocenters. The van der Waals surface area contributed by atoms with E-state index < -0.39 is 0 Å². The summed E-state index contributed by atoms with van der Waals surface area (Å²) < 4.78 is 0. The minimum atomic E-state index is -0.266. The van der Waals surface area contributed by atoms with Crippen molar-refractivity contribution in [3.63, 3.8) is 0 Å². The predicted octanol–water partition coefficient (Wildman–Crippen LogP) is 1.42. The van der Waals surface area contributed by atoms with Gasteiger partial charge in [-0.05, 0) is 37.6 Å². The lowest BCUT2D eigenvalue weighted by Crippen LogP contribution is -2.24. The van der Waals surface area contributed by atoms with E-state index in [1.165, 1.54) is 0 Å². The van der Waals surface area contributed by atoms with Gasteiger partial charge >= 0.3 is 0 Å². The van der Waals surface area contributed by atoms with Crippen LogP contribution in [0.3, 0.4) is 0 Å². The molecule has 0 saturated carbocycles. The lowest BCUT2D eigenvalue weighted by atomic mass is 9.96. The van der Waals surface area contributed by atoms with Crippen LogP contribution in [0.4, 0.5) is 5.69 Å². The number of fused-ring (bicyclic) bond motifs is 1. The van der Waals surface area contributed by atoms with Crippen LogP contribution in [0, 0.1) is 0 Å². The van der Waals surface area contributed by atoms with Gasteiger partial charge in [-0.1, -0.05) is 12.1 Å². The average molecular weight is 232 g/mol. The first-order chi connectivity index (χ1) is 8.11. The molecule has 0 aromatic heterocycles. The Kier molecular flexibility index (Phi) is 3.24. The molecule has 1 atom stereocenters. The molecule has 2 rings (SSSR count). The summed E-state index contributed by atoms with van der Waals surface area (Å²) in [7, 11) is 1.77. The third-order valence-corrected chi connectivity index (χ3v) is 3.05. The lowest BCUT2D eigenvalue weighted by Gasteiger charge is -2.20. The van der Waals surface area contributed by atoms with Crippen molar-refractivity contribution >= 4 is 17.4 Å². The maximum atomic E-state index is 11.5. The Hall–Kier alpha value is -1.68. The summed E-state index contributed by atoms with van der Waals surface area (Å²) in [5, 5.41) is 5.83. The van der Waals surface area contributed by atoms with E-state index in [0.29, 0.717) is 6.42 Å². The van der Waals surface area contributed by atoms with E-state index in [0.717, 1.165) is 23.2 Å². The fraction of sp³-hybridized carbons (Fsp3) is 0.385. The van der Waals surface area contributed by atoms with Crippen molar-refractivity contribution in [1.29, 1.82) is 0 Å². The second-order valence-corrected chi connectivity index (χ2v) is 4.30. The van der Waals surface area contributed by atoms with Gasteiger partial charge in [0, 0.05) is 12.1 Å². The molecule has 0 spiro atoms. The molecule has 1 heterocycles. The number of hydrogen-bond acceptors (Lipinski definition) is 3. The van der Waals surface area contributed by atoms with Crippen LogP contribution in [-0.2, 0) is 16.0 Å². The van der Waals surface area contributed by atoms with Crippen molar-refractivity contribution in [2.24, 2.45) is 0 Å². The Labute approximate surface area is 100 Å². The van der Waals surface area contributed by atoms with Crippen molar-refractivity contribution in [2.45, 2.75) is 25.8 Å². The standard InChI is InChI=1S/C13H16N2O2/c1-8(16)13(14-2)10-3-5-11-9(7-10)4-6-12(17)15-11/h3,5,7,13-14H,4,6H2,1-2H3,(H,15,17). The molecule has 90 valence electrons. The van der Waals surface area contributed by atoms with Gasteiger partial charge in [-0.15, -0.1) is 0 Å². The van der Waals surface area contributed by atoms with Gasteiger partial charge in [-0.3, -0.25) is 9.59 Å². The van der Waals surface area contributed by atoms with Gasteiger partial charge < -0.3 is 10.6 Å². The van der Waals surface area contributed by atoms with Gasteiger partial charge in [-0.25, -0.2) is 0 Å². The Bertz CT molecular complexity index is 468. The molecule has 1 aromatic rings. The van der Waals surface area contributed by atoms with E-state index in [4.69, 9.17) is 0 Å². The Balaban J connectivity index is 2.33. The van der Waals surface area contributed by atoms with Crippen LogP contribution in [0.5, 0.6) is 0 Å². The predicted molar refractivity (Wildman–Crippen MR) is 65.9 cm³/mol. The third kappa shape index (κ3) is 2.36. The summed E-state index contributed by atoms with van der Waals surface area (Å²) in [4.78, 5) is 22.7. The smallest absolute Gasteiger partial charge is 0.224 e. The van der Waals surface area contributed by atoms with Crippen LogP contribution in [0.25, 0.3) is 0 Å². The maximum absolute atomic E-state index is 11.5. The number of hydrogen-bond donors (Lipinski definition) is 2. The first-order valence-electron chi connectivity index (χ1n) is 5.72. The number of carbonyl (C=O) groups is 2. The second-order valence-electron chi connectivity index (χ2n) is 4.30. The van der Waals surface area contributed by atoms with E-state index in [2.05, 4.69) is 10.6 Å². The number of benzene rings is 1. The van der Waals surface area contributed by atoms with Gasteiger partial charge in [0.25, 0.3) is 0 Å². The van der Waals surface area contributed by atoms with Crippen LogP contribution in [0.2, 0.25) is 0 Å². The zero-order chi connectivity index (χ0) is 12.4. The van der Waals surface area contributed by atoms with Gasteiger partial charge in [0.2, 0.25) is 5.91 Å². The first-order valence-corrected chi connectivity index (χ1v) is 5.72. The largest absolute Gasteiger partial charge is 0.326 e. The summed E-state index contributed by atoms with van der Waals surface area (Å²) in [6, 6.07) is 5.48. The minimum absolute atomic E-state index is 0.0574. The molecule has 4 nitrogen and oxygen atoms in total. The van der Waals surface area contributed by atoms with Gasteiger partial charge in [0.1, 0.15) is 0 Å². The van der Waals surface area contributed by atoms with E-state index >= 15 is 0 Å². The number of rotatable bonds is 3. The molecule has 0 bridgehead atoms. The van der Waals surface area contributed by atoms with Gasteiger partial charge in [-0.2, -0.15) is 0 Å². The number of likely N-dealkylation sites (N-methyl/N-ethyl adjacent to an activating group) is 1. The molecular weight excluding hydrogens is 216 g/mol. The molecule has 17 heavy (non-hydrogen) atoms. The highest BCUT2D eigenvalue weighted by Gasteiger charge is 2.19. The monoisotopic (exact) mass is 232 g/mol. The molecule has 2 N–H and O–H groups in total. The van der Waals surface area contributed by atoms with E-state index in [-0.39, 0.29) is 17.7 Å². The molecule has 1 aliphatic heterocycles. The number of anilines is 1. The van der Waals surface area contributed by atoms with Gasteiger partial charge in [0.05, 0.1) is 6.04 Å². The highest BCUT2D eigenvalue weighted by molar-refractivity contribution is 5.94. The minimum Gasteiger partial charge on any atom is -0.326 e. The molecule has 1 aliphatic rings. The van der Waals surface area contributed by atoms with Crippen LogP contribution in [0.15, 0.2) is 18.2 Å². The normalized spacial score (nSPS) is 16.0. The number of nitrogens with one attached hydrogen (secondary N) is 2. The van der Waals surface area contributed by atoms with Gasteiger partial charge in [0.15, 0.2) is 5.78 Å². The molecule has 0 aliphatic carbocycles. The van der Waals surface area contributed by atoms with Crippen molar-refractivity contribution in [1.82, 2.24) is 5.32 Å². The van der Waals surface area contributed by atoms with E-state index in [1.54, 1.807) is 14.0 Å². The van der Waals surface area contributed by atoms with Crippen molar-refractivity contribution in [3.05, 3.63) is 29.3 Å². The quantitative estimate of drug-likeness (QED) is 0.828. The lowest BCUT2D eigenvalue weighted by molar-refractivity contribution is -0.119. The fourth-order valence-corrected chi connectivity index (χ4v) is 2.19. The summed E-state index contributed by atoms with van der Waals surface area (Å²) in [6.45, 7) is 1.57. The zero-order valence-electron chi connectivity index (χ0n) is 10.0. The number of Topliss-reactive ketones (excluding diaryl/α,β-unsaturated/α-hetero) is 1. The van der Waals surface area contributed by atoms with E-state index in [9.17, 15) is 9.59 Å². The average Bonchev–Trinajstić information content (AvgIpc) is 2.29. The van der Waals surface area contributed by atoms with Crippen LogP contribution in [0.1, 0.15) is 30.5 Å². The van der Waals surface area contributed by atoms with Crippen LogP contribution in [-0.4, -0.2) is 18.7 Å². The zero-order valence-corrected chi connectivity index (χ0v) is 10.0. The molecule has 1 amide bonds. The fourth-order valence-electron chi connectivity index (χ4n) is 2.19. The highest BCUT2D eigenvalue weighted by Crippen LogP contribution is 2.26. The number of ketones is 1. The number of carbonyl (C=O) groups excluding carboxylic acids is 2. The maximum Gasteiger partial charge on any atom is 0.224 e. The van der Waals surface area contributed by atoms with Crippen molar-refractivity contribution in [2.75, 3.05) is 12.4 Å². The topological polar surface area (TPSA) is 58.2 Å². The molecule has 4 heteroatoms. The van der Waals surface area contributed by atoms with Crippen molar-refractivity contribution in [3.8, 4) is 0 Å². The van der Waals surface area contributed by atoms with Crippen LogP contribution >= 0.6 is 0 Å².